The SMILES string of the molecule is COc1ccc(CN2CCN(c3ccccc3C#N)CC2)cc1OC. The number of hydrogen-bond acceptors (Lipinski definition) is 5. The highest BCUT2D eigenvalue weighted by molar-refractivity contribution is 5.59. The molecule has 1 saturated heterocycles. The molecule has 0 N–H and O–H groups in total. The summed E-state index contributed by atoms with van der Waals surface area (Å²) in [4.78, 5) is 4.72. The molecule has 0 amide bonds. The van der Waals surface area contributed by atoms with E-state index in [9.17, 15) is 5.26 Å². The number of para-hydroxylation sites is 1. The average Bonchev–Trinajstić information content (AvgIpc) is 2.68. The second-order valence-corrected chi connectivity index (χ2v) is 6.08. The summed E-state index contributed by atoms with van der Waals surface area (Å²) in [5, 5.41) is 9.28. The average molecular weight is 337 g/mol. The van der Waals surface area contributed by atoms with E-state index in [1.54, 1.807) is 14.2 Å². The number of rotatable bonds is 5. The van der Waals surface area contributed by atoms with Gasteiger partial charge in [0.05, 0.1) is 25.5 Å². The van der Waals surface area contributed by atoms with Gasteiger partial charge < -0.3 is 14.4 Å². The van der Waals surface area contributed by atoms with Crippen molar-refractivity contribution in [3.63, 3.8) is 0 Å². The van der Waals surface area contributed by atoms with E-state index in [0.717, 1.165) is 55.5 Å². The van der Waals surface area contributed by atoms with Crippen LogP contribution in [0.15, 0.2) is 42.5 Å². The summed E-state index contributed by atoms with van der Waals surface area (Å²) in [6.45, 7) is 4.66. The maximum Gasteiger partial charge on any atom is 0.161 e. The zero-order valence-corrected chi connectivity index (χ0v) is 14.7. The fourth-order valence-corrected chi connectivity index (χ4v) is 3.23. The minimum atomic E-state index is 0.746. The summed E-state index contributed by atoms with van der Waals surface area (Å²) < 4.78 is 10.7. The Hall–Kier alpha value is -2.71. The van der Waals surface area contributed by atoms with Crippen LogP contribution < -0.4 is 14.4 Å². The normalized spacial score (nSPS) is 14.8. The van der Waals surface area contributed by atoms with Gasteiger partial charge in [0.2, 0.25) is 0 Å². The van der Waals surface area contributed by atoms with Gasteiger partial charge in [0.1, 0.15) is 6.07 Å². The van der Waals surface area contributed by atoms with Crippen LogP contribution in [0.2, 0.25) is 0 Å². The Morgan fingerprint density at radius 1 is 0.960 bits per heavy atom. The van der Waals surface area contributed by atoms with Crippen molar-refractivity contribution in [3.8, 4) is 17.6 Å². The van der Waals surface area contributed by atoms with Crippen molar-refractivity contribution < 1.29 is 9.47 Å². The van der Waals surface area contributed by atoms with E-state index in [1.165, 1.54) is 5.56 Å². The van der Waals surface area contributed by atoms with Crippen LogP contribution in [0.5, 0.6) is 11.5 Å². The molecule has 3 rings (SSSR count). The van der Waals surface area contributed by atoms with Crippen molar-refractivity contribution in [2.75, 3.05) is 45.3 Å². The monoisotopic (exact) mass is 337 g/mol. The maximum atomic E-state index is 9.28. The lowest BCUT2D eigenvalue weighted by Crippen LogP contribution is -2.46. The van der Waals surface area contributed by atoms with Gasteiger partial charge in [-0.05, 0) is 29.8 Å². The van der Waals surface area contributed by atoms with E-state index in [4.69, 9.17) is 9.47 Å². The fraction of sp³-hybridized carbons (Fsp3) is 0.350. The zero-order valence-electron chi connectivity index (χ0n) is 14.7. The summed E-state index contributed by atoms with van der Waals surface area (Å²) >= 11 is 0. The summed E-state index contributed by atoms with van der Waals surface area (Å²) in [6, 6.07) is 16.2. The van der Waals surface area contributed by atoms with Gasteiger partial charge in [-0.25, -0.2) is 0 Å². The highest BCUT2D eigenvalue weighted by Gasteiger charge is 2.19. The molecule has 0 aromatic heterocycles. The van der Waals surface area contributed by atoms with Crippen molar-refractivity contribution in [1.29, 1.82) is 5.26 Å². The molecule has 1 fully saturated rings. The van der Waals surface area contributed by atoms with Gasteiger partial charge in [0.15, 0.2) is 11.5 Å². The van der Waals surface area contributed by atoms with Gasteiger partial charge in [-0.1, -0.05) is 18.2 Å². The topological polar surface area (TPSA) is 48.7 Å². The minimum absolute atomic E-state index is 0.746. The number of hydrogen-bond donors (Lipinski definition) is 0. The predicted octanol–water partition coefficient (Wildman–Crippen LogP) is 2.90. The Kier molecular flexibility index (Phi) is 5.42. The third-order valence-corrected chi connectivity index (χ3v) is 4.59. The second-order valence-electron chi connectivity index (χ2n) is 6.08. The summed E-state index contributed by atoms with van der Waals surface area (Å²) in [7, 11) is 3.31. The van der Waals surface area contributed by atoms with Crippen LogP contribution in [0.1, 0.15) is 11.1 Å². The molecule has 0 saturated carbocycles. The number of ether oxygens (including phenoxy) is 2. The molecule has 5 nitrogen and oxygen atoms in total. The van der Waals surface area contributed by atoms with E-state index in [0.29, 0.717) is 0 Å². The number of piperazine rings is 1. The summed E-state index contributed by atoms with van der Waals surface area (Å²) in [5.41, 5.74) is 3.00. The predicted molar refractivity (Wildman–Crippen MR) is 98.2 cm³/mol. The van der Waals surface area contributed by atoms with Gasteiger partial charge in [-0.15, -0.1) is 0 Å². The first-order valence-electron chi connectivity index (χ1n) is 8.42. The lowest BCUT2D eigenvalue weighted by molar-refractivity contribution is 0.249. The number of benzene rings is 2. The van der Waals surface area contributed by atoms with Crippen LogP contribution >= 0.6 is 0 Å². The first kappa shape index (κ1) is 17.1. The Bertz CT molecular complexity index is 762. The lowest BCUT2D eigenvalue weighted by Gasteiger charge is -2.36. The van der Waals surface area contributed by atoms with Gasteiger partial charge in [0, 0.05) is 32.7 Å². The summed E-state index contributed by atoms with van der Waals surface area (Å²) in [6.07, 6.45) is 0. The highest BCUT2D eigenvalue weighted by Crippen LogP contribution is 2.28. The van der Waals surface area contributed by atoms with E-state index in [-0.39, 0.29) is 0 Å². The van der Waals surface area contributed by atoms with Crippen molar-refractivity contribution in [2.45, 2.75) is 6.54 Å². The Morgan fingerprint density at radius 2 is 1.68 bits per heavy atom. The number of nitrogens with zero attached hydrogens (tertiary/aromatic N) is 3. The zero-order chi connectivity index (χ0) is 17.6. The molecule has 0 radical (unpaired) electrons. The van der Waals surface area contributed by atoms with Crippen LogP contribution in [-0.4, -0.2) is 45.3 Å². The van der Waals surface area contributed by atoms with E-state index in [2.05, 4.69) is 21.9 Å². The molecule has 0 spiro atoms. The first-order valence-corrected chi connectivity index (χ1v) is 8.42. The molecule has 130 valence electrons. The fourth-order valence-electron chi connectivity index (χ4n) is 3.23. The molecule has 1 aliphatic heterocycles. The molecule has 0 aliphatic carbocycles. The van der Waals surface area contributed by atoms with Crippen LogP contribution in [0.25, 0.3) is 0 Å². The molecule has 0 unspecified atom stereocenters. The largest absolute Gasteiger partial charge is 0.493 e. The molecule has 1 aliphatic rings. The van der Waals surface area contributed by atoms with Crippen LogP contribution in [-0.2, 0) is 6.54 Å². The maximum absolute atomic E-state index is 9.28. The molecule has 1 heterocycles. The van der Waals surface area contributed by atoms with Gasteiger partial charge in [-0.3, -0.25) is 4.90 Å². The van der Waals surface area contributed by atoms with E-state index < -0.39 is 0 Å². The Morgan fingerprint density at radius 3 is 2.36 bits per heavy atom. The molecule has 0 atom stereocenters. The van der Waals surface area contributed by atoms with Gasteiger partial charge in [0.25, 0.3) is 0 Å². The molecule has 5 heteroatoms. The number of methoxy groups -OCH3 is 2. The molecular formula is C20H23N3O2. The number of anilines is 1. The third-order valence-electron chi connectivity index (χ3n) is 4.59. The van der Waals surface area contributed by atoms with E-state index in [1.807, 2.05) is 36.4 Å². The minimum Gasteiger partial charge on any atom is -0.493 e. The molecule has 2 aromatic carbocycles. The smallest absolute Gasteiger partial charge is 0.161 e. The molecule has 0 bridgehead atoms. The number of nitriles is 1. The van der Waals surface area contributed by atoms with Crippen molar-refractivity contribution in [1.82, 2.24) is 4.90 Å². The first-order chi connectivity index (χ1) is 12.2. The standard InChI is InChI=1S/C20H23N3O2/c1-24-19-8-7-16(13-20(19)25-2)15-22-9-11-23(12-10-22)18-6-4-3-5-17(18)14-21/h3-8,13H,9-12,15H2,1-2H3. The third kappa shape index (κ3) is 3.86. The molecule has 2 aromatic rings. The molecule has 25 heavy (non-hydrogen) atoms. The quantitative estimate of drug-likeness (QED) is 0.840. The molecular weight excluding hydrogens is 314 g/mol. The lowest BCUT2D eigenvalue weighted by atomic mass is 10.1. The van der Waals surface area contributed by atoms with E-state index >= 15 is 0 Å². The van der Waals surface area contributed by atoms with Gasteiger partial charge >= 0.3 is 0 Å². The van der Waals surface area contributed by atoms with Crippen molar-refractivity contribution in [2.24, 2.45) is 0 Å². The van der Waals surface area contributed by atoms with Gasteiger partial charge in [-0.2, -0.15) is 5.26 Å². The van der Waals surface area contributed by atoms with Crippen molar-refractivity contribution >= 4 is 5.69 Å². The Balaban J connectivity index is 1.62. The van der Waals surface area contributed by atoms with Crippen LogP contribution in [0.3, 0.4) is 0 Å². The summed E-state index contributed by atoms with van der Waals surface area (Å²) in [5.74, 6) is 1.52. The Labute approximate surface area is 149 Å². The van der Waals surface area contributed by atoms with Crippen molar-refractivity contribution in [3.05, 3.63) is 53.6 Å². The van der Waals surface area contributed by atoms with Crippen LogP contribution in [0.4, 0.5) is 5.69 Å². The second kappa shape index (κ2) is 7.91. The van der Waals surface area contributed by atoms with Crippen LogP contribution in [0, 0.1) is 11.3 Å². The highest BCUT2D eigenvalue weighted by atomic mass is 16.5.